The molecule has 0 spiro atoms. The zero-order chi connectivity index (χ0) is 11.3. The average Bonchev–Trinajstić information content (AvgIpc) is 2.17. The Balaban J connectivity index is 2.71. The molecular formula is C9H17N5S. The SMILES string of the molecule is CCCCSc1nc(N)nc(N(C)C)n1. The van der Waals surface area contributed by atoms with E-state index in [-0.39, 0.29) is 5.95 Å². The van der Waals surface area contributed by atoms with E-state index < -0.39 is 0 Å². The summed E-state index contributed by atoms with van der Waals surface area (Å²) in [5.74, 6) is 1.92. The molecule has 0 amide bonds. The summed E-state index contributed by atoms with van der Waals surface area (Å²) in [6.45, 7) is 2.16. The standard InChI is InChI=1S/C9H17N5S/c1-4-5-6-15-9-12-7(10)11-8(13-9)14(2)3/h4-6H2,1-3H3,(H2,10,11,12,13). The highest BCUT2D eigenvalue weighted by atomic mass is 32.2. The minimum Gasteiger partial charge on any atom is -0.368 e. The highest BCUT2D eigenvalue weighted by molar-refractivity contribution is 7.99. The Morgan fingerprint density at radius 1 is 1.27 bits per heavy atom. The highest BCUT2D eigenvalue weighted by Crippen LogP contribution is 2.17. The van der Waals surface area contributed by atoms with E-state index in [4.69, 9.17) is 5.73 Å². The van der Waals surface area contributed by atoms with Crippen LogP contribution in [0.25, 0.3) is 0 Å². The van der Waals surface area contributed by atoms with Gasteiger partial charge in [0.2, 0.25) is 11.9 Å². The Bertz CT molecular complexity index is 315. The number of unbranched alkanes of at least 4 members (excludes halogenated alkanes) is 1. The second kappa shape index (κ2) is 5.75. The predicted octanol–water partition coefficient (Wildman–Crippen LogP) is 1.41. The van der Waals surface area contributed by atoms with Gasteiger partial charge in [0.05, 0.1) is 0 Å². The Kier molecular flexibility index (Phi) is 4.61. The molecule has 0 unspecified atom stereocenters. The quantitative estimate of drug-likeness (QED) is 0.606. The number of anilines is 2. The van der Waals surface area contributed by atoms with E-state index in [2.05, 4.69) is 21.9 Å². The molecule has 0 aliphatic carbocycles. The van der Waals surface area contributed by atoms with Crippen molar-refractivity contribution in [2.45, 2.75) is 24.9 Å². The van der Waals surface area contributed by atoms with Crippen LogP contribution < -0.4 is 10.6 Å². The Hall–Kier alpha value is -1.04. The summed E-state index contributed by atoms with van der Waals surface area (Å²) in [6, 6.07) is 0. The number of hydrogen-bond acceptors (Lipinski definition) is 6. The van der Waals surface area contributed by atoms with Crippen LogP contribution in [0.15, 0.2) is 5.16 Å². The fraction of sp³-hybridized carbons (Fsp3) is 0.667. The molecule has 1 aromatic rings. The van der Waals surface area contributed by atoms with Crippen molar-refractivity contribution in [1.82, 2.24) is 15.0 Å². The van der Waals surface area contributed by atoms with Gasteiger partial charge < -0.3 is 10.6 Å². The molecule has 0 bridgehead atoms. The lowest BCUT2D eigenvalue weighted by molar-refractivity contribution is 0.863. The molecule has 1 aromatic heterocycles. The van der Waals surface area contributed by atoms with Gasteiger partial charge in [-0.05, 0) is 6.42 Å². The van der Waals surface area contributed by atoms with Crippen molar-refractivity contribution in [3.63, 3.8) is 0 Å². The van der Waals surface area contributed by atoms with Crippen LogP contribution in [-0.2, 0) is 0 Å². The molecule has 0 aromatic carbocycles. The van der Waals surface area contributed by atoms with E-state index in [0.717, 1.165) is 12.2 Å². The van der Waals surface area contributed by atoms with Crippen LogP contribution >= 0.6 is 11.8 Å². The largest absolute Gasteiger partial charge is 0.368 e. The Labute approximate surface area is 94.5 Å². The van der Waals surface area contributed by atoms with Crippen LogP contribution in [0.5, 0.6) is 0 Å². The summed E-state index contributed by atoms with van der Waals surface area (Å²) in [5, 5.41) is 0.708. The first-order valence-electron chi connectivity index (χ1n) is 4.95. The summed E-state index contributed by atoms with van der Waals surface area (Å²) < 4.78 is 0. The van der Waals surface area contributed by atoms with E-state index >= 15 is 0 Å². The van der Waals surface area contributed by atoms with Crippen LogP contribution in [-0.4, -0.2) is 34.8 Å². The summed E-state index contributed by atoms with van der Waals surface area (Å²) in [5.41, 5.74) is 5.60. The smallest absolute Gasteiger partial charge is 0.230 e. The van der Waals surface area contributed by atoms with Crippen LogP contribution in [0.3, 0.4) is 0 Å². The fourth-order valence-corrected chi connectivity index (χ4v) is 1.85. The van der Waals surface area contributed by atoms with E-state index in [1.54, 1.807) is 11.8 Å². The van der Waals surface area contributed by atoms with Crippen molar-refractivity contribution < 1.29 is 0 Å². The maximum absolute atomic E-state index is 5.60. The Morgan fingerprint density at radius 2 is 2.00 bits per heavy atom. The van der Waals surface area contributed by atoms with E-state index in [1.807, 2.05) is 19.0 Å². The second-order valence-corrected chi connectivity index (χ2v) is 4.43. The molecule has 15 heavy (non-hydrogen) atoms. The van der Waals surface area contributed by atoms with Crippen molar-refractivity contribution in [2.75, 3.05) is 30.5 Å². The van der Waals surface area contributed by atoms with Gasteiger partial charge >= 0.3 is 0 Å². The minimum atomic E-state index is 0.285. The van der Waals surface area contributed by atoms with Crippen LogP contribution in [0.4, 0.5) is 11.9 Å². The zero-order valence-corrected chi connectivity index (χ0v) is 10.2. The molecule has 0 aliphatic rings. The number of rotatable bonds is 5. The number of nitrogens with two attached hydrogens (primary N) is 1. The summed E-state index contributed by atoms with van der Waals surface area (Å²) in [7, 11) is 3.77. The molecule has 1 heterocycles. The minimum absolute atomic E-state index is 0.285. The lowest BCUT2D eigenvalue weighted by atomic mass is 10.4. The fourth-order valence-electron chi connectivity index (χ4n) is 0.933. The third kappa shape index (κ3) is 3.91. The van der Waals surface area contributed by atoms with Crippen molar-refractivity contribution >= 4 is 23.7 Å². The van der Waals surface area contributed by atoms with Crippen molar-refractivity contribution in [2.24, 2.45) is 0 Å². The number of nitrogens with zero attached hydrogens (tertiary/aromatic N) is 4. The topological polar surface area (TPSA) is 67.9 Å². The van der Waals surface area contributed by atoms with Crippen LogP contribution in [0.1, 0.15) is 19.8 Å². The molecule has 2 N–H and O–H groups in total. The number of nitrogen functional groups attached to an aromatic ring is 1. The van der Waals surface area contributed by atoms with Gasteiger partial charge in [-0.25, -0.2) is 0 Å². The summed E-state index contributed by atoms with van der Waals surface area (Å²) >= 11 is 1.62. The first-order chi connectivity index (χ1) is 7.13. The van der Waals surface area contributed by atoms with Gasteiger partial charge in [0.25, 0.3) is 0 Å². The Morgan fingerprint density at radius 3 is 2.60 bits per heavy atom. The van der Waals surface area contributed by atoms with Crippen LogP contribution in [0.2, 0.25) is 0 Å². The van der Waals surface area contributed by atoms with Gasteiger partial charge in [-0.1, -0.05) is 25.1 Å². The van der Waals surface area contributed by atoms with Crippen molar-refractivity contribution in [3.05, 3.63) is 0 Å². The molecule has 0 atom stereocenters. The number of hydrogen-bond donors (Lipinski definition) is 1. The van der Waals surface area contributed by atoms with Gasteiger partial charge in [0.1, 0.15) is 0 Å². The van der Waals surface area contributed by atoms with Gasteiger partial charge in [-0.3, -0.25) is 0 Å². The molecule has 0 saturated heterocycles. The first-order valence-corrected chi connectivity index (χ1v) is 5.93. The van der Waals surface area contributed by atoms with Crippen molar-refractivity contribution in [3.8, 4) is 0 Å². The molecular weight excluding hydrogens is 210 g/mol. The maximum Gasteiger partial charge on any atom is 0.230 e. The van der Waals surface area contributed by atoms with Gasteiger partial charge in [-0.15, -0.1) is 0 Å². The van der Waals surface area contributed by atoms with E-state index in [1.165, 1.54) is 6.42 Å². The molecule has 84 valence electrons. The lowest BCUT2D eigenvalue weighted by Crippen LogP contribution is -2.15. The second-order valence-electron chi connectivity index (χ2n) is 3.37. The molecule has 6 heteroatoms. The third-order valence-corrected chi connectivity index (χ3v) is 2.68. The van der Waals surface area contributed by atoms with Crippen LogP contribution in [0, 0.1) is 0 Å². The average molecular weight is 227 g/mol. The number of thioether (sulfide) groups is 1. The third-order valence-electron chi connectivity index (χ3n) is 1.75. The van der Waals surface area contributed by atoms with E-state index in [0.29, 0.717) is 11.1 Å². The maximum atomic E-state index is 5.60. The van der Waals surface area contributed by atoms with Gasteiger partial charge in [0.15, 0.2) is 5.16 Å². The first kappa shape index (κ1) is 12.0. The van der Waals surface area contributed by atoms with Crippen molar-refractivity contribution in [1.29, 1.82) is 0 Å². The molecule has 0 radical (unpaired) electrons. The predicted molar refractivity (Wildman–Crippen MR) is 64.2 cm³/mol. The molecule has 5 nitrogen and oxygen atoms in total. The van der Waals surface area contributed by atoms with Gasteiger partial charge in [-0.2, -0.15) is 15.0 Å². The zero-order valence-electron chi connectivity index (χ0n) is 9.40. The normalized spacial score (nSPS) is 10.3. The summed E-state index contributed by atoms with van der Waals surface area (Å²) in [6.07, 6.45) is 2.33. The summed E-state index contributed by atoms with van der Waals surface area (Å²) in [4.78, 5) is 14.2. The van der Waals surface area contributed by atoms with E-state index in [9.17, 15) is 0 Å². The number of aromatic nitrogens is 3. The molecule has 1 rings (SSSR count). The lowest BCUT2D eigenvalue weighted by Gasteiger charge is -2.10. The highest BCUT2D eigenvalue weighted by Gasteiger charge is 2.05. The monoisotopic (exact) mass is 227 g/mol. The molecule has 0 saturated carbocycles. The molecule has 0 aliphatic heterocycles. The molecule has 0 fully saturated rings. The van der Waals surface area contributed by atoms with Gasteiger partial charge in [0, 0.05) is 19.8 Å².